The summed E-state index contributed by atoms with van der Waals surface area (Å²) < 4.78 is 1.76. The molecule has 88 valence electrons. The number of nitrogens with zero attached hydrogens (tertiary/aromatic N) is 3. The number of thiazole rings is 1. The molecular formula is C11H12N4OS. The normalized spacial score (nSPS) is 14.8. The SMILES string of the molecule is O=c1c(NCc2nccs2)nccn1C1CC1. The third-order valence-electron chi connectivity index (χ3n) is 2.70. The minimum atomic E-state index is -0.0356. The molecule has 1 N–H and O–H groups in total. The van der Waals surface area contributed by atoms with Crippen LogP contribution in [0.25, 0.3) is 0 Å². The van der Waals surface area contributed by atoms with Gasteiger partial charge in [-0.2, -0.15) is 0 Å². The fourth-order valence-corrected chi connectivity index (χ4v) is 2.24. The fourth-order valence-electron chi connectivity index (χ4n) is 1.69. The lowest BCUT2D eigenvalue weighted by molar-refractivity contribution is 0.699. The molecule has 0 radical (unpaired) electrons. The monoisotopic (exact) mass is 248 g/mol. The van der Waals surface area contributed by atoms with Crippen molar-refractivity contribution in [2.45, 2.75) is 25.4 Å². The third-order valence-corrected chi connectivity index (χ3v) is 3.48. The summed E-state index contributed by atoms with van der Waals surface area (Å²) in [7, 11) is 0. The van der Waals surface area contributed by atoms with Gasteiger partial charge in [-0.05, 0) is 12.8 Å². The Hall–Kier alpha value is -1.69. The summed E-state index contributed by atoms with van der Waals surface area (Å²) in [5.74, 6) is 0.412. The van der Waals surface area contributed by atoms with Crippen molar-refractivity contribution in [3.63, 3.8) is 0 Å². The zero-order chi connectivity index (χ0) is 11.7. The van der Waals surface area contributed by atoms with Gasteiger partial charge in [0.2, 0.25) is 0 Å². The molecule has 1 aliphatic carbocycles. The molecular weight excluding hydrogens is 236 g/mol. The lowest BCUT2D eigenvalue weighted by Crippen LogP contribution is -2.23. The summed E-state index contributed by atoms with van der Waals surface area (Å²) in [6.45, 7) is 0.550. The molecule has 2 aromatic rings. The van der Waals surface area contributed by atoms with Crippen molar-refractivity contribution in [1.82, 2.24) is 14.5 Å². The second-order valence-corrected chi connectivity index (χ2v) is 4.98. The molecule has 2 aromatic heterocycles. The number of hydrogen-bond acceptors (Lipinski definition) is 5. The Morgan fingerprint density at radius 3 is 3.00 bits per heavy atom. The van der Waals surface area contributed by atoms with E-state index in [0.29, 0.717) is 18.4 Å². The van der Waals surface area contributed by atoms with E-state index < -0.39 is 0 Å². The smallest absolute Gasteiger partial charge is 0.293 e. The predicted octanol–water partition coefficient (Wildman–Crippen LogP) is 1.65. The van der Waals surface area contributed by atoms with E-state index >= 15 is 0 Å². The maximum atomic E-state index is 12.0. The molecule has 0 saturated heterocycles. The molecule has 6 heteroatoms. The number of rotatable bonds is 4. The molecule has 1 saturated carbocycles. The molecule has 2 heterocycles. The number of nitrogens with one attached hydrogen (secondary N) is 1. The van der Waals surface area contributed by atoms with E-state index in [2.05, 4.69) is 15.3 Å². The van der Waals surface area contributed by atoms with Crippen LogP contribution in [0.15, 0.2) is 28.8 Å². The molecule has 1 aliphatic rings. The van der Waals surface area contributed by atoms with E-state index in [0.717, 1.165) is 17.8 Å². The molecule has 0 unspecified atom stereocenters. The quantitative estimate of drug-likeness (QED) is 0.893. The minimum absolute atomic E-state index is 0.0356. The van der Waals surface area contributed by atoms with Crippen LogP contribution in [-0.4, -0.2) is 14.5 Å². The van der Waals surface area contributed by atoms with Crippen LogP contribution < -0.4 is 10.9 Å². The van der Waals surface area contributed by atoms with Crippen molar-refractivity contribution in [2.24, 2.45) is 0 Å². The van der Waals surface area contributed by atoms with Crippen LogP contribution in [0.3, 0.4) is 0 Å². The second kappa shape index (κ2) is 4.29. The average molecular weight is 248 g/mol. The summed E-state index contributed by atoms with van der Waals surface area (Å²) in [4.78, 5) is 20.3. The maximum Gasteiger partial charge on any atom is 0.293 e. The van der Waals surface area contributed by atoms with E-state index in [4.69, 9.17) is 0 Å². The van der Waals surface area contributed by atoms with Gasteiger partial charge in [0, 0.05) is 30.0 Å². The molecule has 1 fully saturated rings. The third kappa shape index (κ3) is 2.21. The Bertz CT molecular complexity index is 559. The second-order valence-electron chi connectivity index (χ2n) is 4.00. The van der Waals surface area contributed by atoms with Crippen LogP contribution in [0.1, 0.15) is 23.9 Å². The highest BCUT2D eigenvalue weighted by Crippen LogP contribution is 2.33. The minimum Gasteiger partial charge on any atom is -0.359 e. The number of anilines is 1. The maximum absolute atomic E-state index is 12.0. The van der Waals surface area contributed by atoms with Crippen molar-refractivity contribution < 1.29 is 0 Å². The topological polar surface area (TPSA) is 59.8 Å². The van der Waals surface area contributed by atoms with Crippen LogP contribution in [-0.2, 0) is 6.54 Å². The molecule has 0 spiro atoms. The Balaban J connectivity index is 1.78. The molecule has 0 aliphatic heterocycles. The van der Waals surface area contributed by atoms with Crippen molar-refractivity contribution in [3.8, 4) is 0 Å². The first-order valence-corrected chi connectivity index (χ1v) is 6.42. The first-order chi connectivity index (χ1) is 8.34. The van der Waals surface area contributed by atoms with E-state index in [9.17, 15) is 4.79 Å². The molecule has 0 atom stereocenters. The van der Waals surface area contributed by atoms with Gasteiger partial charge in [0.15, 0.2) is 5.82 Å². The number of aromatic nitrogens is 3. The first kappa shape index (κ1) is 10.5. The van der Waals surface area contributed by atoms with Crippen LogP contribution in [0.5, 0.6) is 0 Å². The van der Waals surface area contributed by atoms with E-state index in [1.54, 1.807) is 34.5 Å². The van der Waals surface area contributed by atoms with Gasteiger partial charge < -0.3 is 9.88 Å². The van der Waals surface area contributed by atoms with Crippen LogP contribution in [0, 0.1) is 0 Å². The van der Waals surface area contributed by atoms with Gasteiger partial charge in [-0.25, -0.2) is 9.97 Å². The highest BCUT2D eigenvalue weighted by Gasteiger charge is 2.25. The Labute approximate surface area is 102 Å². The van der Waals surface area contributed by atoms with Gasteiger partial charge in [0.25, 0.3) is 5.56 Å². The average Bonchev–Trinajstić information content (AvgIpc) is 3.04. The number of hydrogen-bond donors (Lipinski definition) is 1. The lowest BCUT2D eigenvalue weighted by Gasteiger charge is -2.06. The van der Waals surface area contributed by atoms with Crippen molar-refractivity contribution in [3.05, 3.63) is 39.3 Å². The van der Waals surface area contributed by atoms with Gasteiger partial charge in [-0.3, -0.25) is 4.79 Å². The predicted molar refractivity (Wildman–Crippen MR) is 66.2 cm³/mol. The van der Waals surface area contributed by atoms with Crippen LogP contribution >= 0.6 is 11.3 Å². The largest absolute Gasteiger partial charge is 0.359 e. The van der Waals surface area contributed by atoms with E-state index in [-0.39, 0.29) is 5.56 Å². The van der Waals surface area contributed by atoms with Gasteiger partial charge in [-0.1, -0.05) is 0 Å². The molecule has 3 rings (SSSR count). The summed E-state index contributed by atoms with van der Waals surface area (Å²) in [6, 6.07) is 0.380. The van der Waals surface area contributed by atoms with Gasteiger partial charge >= 0.3 is 0 Å². The van der Waals surface area contributed by atoms with Crippen LogP contribution in [0.2, 0.25) is 0 Å². The standard InChI is InChI=1S/C11H12N4OS/c16-11-10(14-7-9-12-4-6-17-9)13-3-5-15(11)8-1-2-8/h3-6,8H,1-2,7H2,(H,13,14). The summed E-state index contributed by atoms with van der Waals surface area (Å²) in [5, 5.41) is 5.91. The van der Waals surface area contributed by atoms with Gasteiger partial charge in [0.1, 0.15) is 5.01 Å². The highest BCUT2D eigenvalue weighted by atomic mass is 32.1. The van der Waals surface area contributed by atoms with E-state index in [1.165, 1.54) is 0 Å². The first-order valence-electron chi connectivity index (χ1n) is 5.54. The zero-order valence-electron chi connectivity index (χ0n) is 9.17. The van der Waals surface area contributed by atoms with Crippen molar-refractivity contribution >= 4 is 17.2 Å². The van der Waals surface area contributed by atoms with Gasteiger partial charge in [-0.15, -0.1) is 11.3 Å². The molecule has 0 bridgehead atoms. The Kier molecular flexibility index (Phi) is 2.64. The Morgan fingerprint density at radius 2 is 2.29 bits per heavy atom. The van der Waals surface area contributed by atoms with Gasteiger partial charge in [0.05, 0.1) is 6.54 Å². The highest BCUT2D eigenvalue weighted by molar-refractivity contribution is 7.09. The summed E-state index contributed by atoms with van der Waals surface area (Å²) in [6.07, 6.45) is 7.37. The zero-order valence-corrected chi connectivity index (χ0v) is 9.98. The summed E-state index contributed by atoms with van der Waals surface area (Å²) >= 11 is 1.56. The molecule has 0 aromatic carbocycles. The lowest BCUT2D eigenvalue weighted by atomic mass is 10.5. The molecule has 17 heavy (non-hydrogen) atoms. The van der Waals surface area contributed by atoms with E-state index in [1.807, 2.05) is 5.38 Å². The molecule has 0 amide bonds. The van der Waals surface area contributed by atoms with Crippen LogP contribution in [0.4, 0.5) is 5.82 Å². The summed E-state index contributed by atoms with van der Waals surface area (Å²) in [5.41, 5.74) is -0.0356. The Morgan fingerprint density at radius 1 is 1.41 bits per heavy atom. The van der Waals surface area contributed by atoms with Crippen molar-refractivity contribution in [1.29, 1.82) is 0 Å². The fraction of sp³-hybridized carbons (Fsp3) is 0.364. The van der Waals surface area contributed by atoms with Crippen molar-refractivity contribution in [2.75, 3.05) is 5.32 Å². The molecule has 5 nitrogen and oxygen atoms in total.